The number of amides is 1. The van der Waals surface area contributed by atoms with Gasteiger partial charge in [-0.15, -0.1) is 0 Å². The van der Waals surface area contributed by atoms with Gasteiger partial charge >= 0.3 is 0 Å². The average Bonchev–Trinajstić information content (AvgIpc) is 3.14. The van der Waals surface area contributed by atoms with E-state index < -0.39 is 0 Å². The fraction of sp³-hybridized carbons (Fsp3) is 0.100. The Balaban J connectivity index is 1.52. The summed E-state index contributed by atoms with van der Waals surface area (Å²) in [5, 5.41) is 11.7. The van der Waals surface area contributed by atoms with Gasteiger partial charge in [0.05, 0.1) is 12.1 Å². The summed E-state index contributed by atoms with van der Waals surface area (Å²) in [6, 6.07) is 20.3. The molecular formula is C20H15BrN2O3. The Hall–Kier alpha value is -3.04. The van der Waals surface area contributed by atoms with E-state index in [9.17, 15) is 4.79 Å². The van der Waals surface area contributed by atoms with Gasteiger partial charge in [-0.3, -0.25) is 4.79 Å². The Morgan fingerprint density at radius 3 is 2.65 bits per heavy atom. The Morgan fingerprint density at radius 2 is 1.88 bits per heavy atom. The maximum atomic E-state index is 11.9. The van der Waals surface area contributed by atoms with Crippen molar-refractivity contribution in [2.75, 3.05) is 6.61 Å². The number of para-hydroxylation sites is 1. The molecule has 2 aromatic carbocycles. The molecule has 0 aliphatic carbocycles. The summed E-state index contributed by atoms with van der Waals surface area (Å²) in [4.78, 5) is 11.9. The van der Waals surface area contributed by atoms with Crippen molar-refractivity contribution in [2.24, 2.45) is 0 Å². The minimum absolute atomic E-state index is 0.168. The van der Waals surface area contributed by atoms with Crippen LogP contribution in [-0.2, 0) is 11.3 Å². The van der Waals surface area contributed by atoms with E-state index in [1.165, 1.54) is 0 Å². The molecule has 3 rings (SSSR count). The molecule has 0 bridgehead atoms. The third-order valence-electron chi connectivity index (χ3n) is 3.62. The van der Waals surface area contributed by atoms with Crippen molar-refractivity contribution in [2.45, 2.75) is 6.54 Å². The molecule has 1 N–H and O–H groups in total. The van der Waals surface area contributed by atoms with Crippen LogP contribution in [0.1, 0.15) is 11.3 Å². The number of ether oxygens (including phenoxy) is 1. The molecule has 1 heterocycles. The predicted molar refractivity (Wildman–Crippen MR) is 100 cm³/mol. The second kappa shape index (κ2) is 8.37. The van der Waals surface area contributed by atoms with Gasteiger partial charge in [-0.2, -0.15) is 5.26 Å². The zero-order valence-corrected chi connectivity index (χ0v) is 15.3. The fourth-order valence-corrected chi connectivity index (χ4v) is 2.57. The van der Waals surface area contributed by atoms with E-state index >= 15 is 0 Å². The van der Waals surface area contributed by atoms with Crippen LogP contribution in [0.4, 0.5) is 0 Å². The first-order valence-corrected chi connectivity index (χ1v) is 8.68. The minimum atomic E-state index is -0.292. The van der Waals surface area contributed by atoms with Crippen LogP contribution in [0, 0.1) is 11.3 Å². The largest absolute Gasteiger partial charge is 0.482 e. The van der Waals surface area contributed by atoms with Gasteiger partial charge in [0.15, 0.2) is 6.61 Å². The summed E-state index contributed by atoms with van der Waals surface area (Å²) in [6.45, 7) is 0.0948. The minimum Gasteiger partial charge on any atom is -0.482 e. The second-order valence-corrected chi connectivity index (χ2v) is 6.36. The number of carbonyl (C=O) groups is 1. The van der Waals surface area contributed by atoms with Crippen LogP contribution in [-0.4, -0.2) is 12.5 Å². The highest BCUT2D eigenvalue weighted by atomic mass is 79.9. The fourth-order valence-electron chi connectivity index (χ4n) is 2.31. The van der Waals surface area contributed by atoms with E-state index in [0.717, 1.165) is 15.8 Å². The Bertz CT molecular complexity index is 942. The highest BCUT2D eigenvalue weighted by Gasteiger charge is 2.09. The third-order valence-corrected chi connectivity index (χ3v) is 4.15. The molecule has 0 aliphatic heterocycles. The van der Waals surface area contributed by atoms with Crippen LogP contribution in [0.25, 0.3) is 11.3 Å². The van der Waals surface area contributed by atoms with Crippen molar-refractivity contribution in [1.29, 1.82) is 5.26 Å². The molecule has 0 fully saturated rings. The van der Waals surface area contributed by atoms with Gasteiger partial charge in [0.25, 0.3) is 5.91 Å². The first kappa shape index (κ1) is 17.8. The van der Waals surface area contributed by atoms with Gasteiger partial charge in [-0.05, 0) is 36.4 Å². The SMILES string of the molecule is N#Cc1ccccc1OCC(=O)NCc1ccc(-c2ccc(Br)cc2)o1. The van der Waals surface area contributed by atoms with Gasteiger partial charge in [0.1, 0.15) is 23.3 Å². The first-order valence-electron chi connectivity index (χ1n) is 7.89. The molecule has 1 aromatic heterocycles. The van der Waals surface area contributed by atoms with E-state index in [-0.39, 0.29) is 19.1 Å². The van der Waals surface area contributed by atoms with Crippen LogP contribution in [0.3, 0.4) is 0 Å². The molecule has 6 heteroatoms. The van der Waals surface area contributed by atoms with Crippen LogP contribution >= 0.6 is 15.9 Å². The lowest BCUT2D eigenvalue weighted by molar-refractivity contribution is -0.123. The van der Waals surface area contributed by atoms with Gasteiger partial charge in [-0.25, -0.2) is 0 Å². The molecule has 0 atom stereocenters. The van der Waals surface area contributed by atoms with Gasteiger partial charge < -0.3 is 14.5 Å². The quantitative estimate of drug-likeness (QED) is 0.657. The number of hydrogen-bond donors (Lipinski definition) is 1. The number of nitriles is 1. The van der Waals surface area contributed by atoms with Gasteiger partial charge in [0.2, 0.25) is 0 Å². The predicted octanol–water partition coefficient (Wildman–Crippen LogP) is 4.28. The number of rotatable bonds is 6. The second-order valence-electron chi connectivity index (χ2n) is 5.45. The highest BCUT2D eigenvalue weighted by molar-refractivity contribution is 9.10. The summed E-state index contributed by atoms with van der Waals surface area (Å²) in [5.41, 5.74) is 1.35. The zero-order chi connectivity index (χ0) is 18.4. The maximum absolute atomic E-state index is 11.9. The molecule has 130 valence electrons. The summed E-state index contributed by atoms with van der Waals surface area (Å²) in [5.74, 6) is 1.48. The summed E-state index contributed by atoms with van der Waals surface area (Å²) in [7, 11) is 0. The van der Waals surface area contributed by atoms with E-state index in [1.807, 2.05) is 42.5 Å². The van der Waals surface area contributed by atoms with E-state index in [1.54, 1.807) is 24.3 Å². The molecule has 3 aromatic rings. The standard InChI is InChI=1S/C20H15BrN2O3/c21-16-7-5-14(6-8-16)19-10-9-17(26-19)12-23-20(24)13-25-18-4-2-1-3-15(18)11-22/h1-10H,12-13H2,(H,23,24). The Labute approximate surface area is 159 Å². The average molecular weight is 411 g/mol. The number of furan rings is 1. The van der Waals surface area contributed by atoms with Crippen molar-refractivity contribution in [3.8, 4) is 23.1 Å². The molecule has 5 nitrogen and oxygen atoms in total. The summed E-state index contributed by atoms with van der Waals surface area (Å²) in [6.07, 6.45) is 0. The lowest BCUT2D eigenvalue weighted by atomic mass is 10.2. The molecule has 26 heavy (non-hydrogen) atoms. The molecule has 0 radical (unpaired) electrons. The molecule has 0 saturated heterocycles. The van der Waals surface area contributed by atoms with Gasteiger partial charge in [-0.1, -0.05) is 40.2 Å². The molecule has 0 aliphatic rings. The normalized spacial score (nSPS) is 10.2. The van der Waals surface area contributed by atoms with Crippen molar-refractivity contribution < 1.29 is 13.9 Å². The smallest absolute Gasteiger partial charge is 0.258 e. The topological polar surface area (TPSA) is 75.3 Å². The van der Waals surface area contributed by atoms with Crippen molar-refractivity contribution >= 4 is 21.8 Å². The zero-order valence-electron chi connectivity index (χ0n) is 13.7. The van der Waals surface area contributed by atoms with Crippen LogP contribution in [0.2, 0.25) is 0 Å². The number of carbonyl (C=O) groups excluding carboxylic acids is 1. The number of hydrogen-bond acceptors (Lipinski definition) is 4. The number of halogens is 1. The van der Waals surface area contributed by atoms with E-state index in [4.69, 9.17) is 14.4 Å². The first-order chi connectivity index (χ1) is 12.7. The van der Waals surface area contributed by atoms with Crippen LogP contribution < -0.4 is 10.1 Å². The van der Waals surface area contributed by atoms with Crippen LogP contribution in [0.5, 0.6) is 5.75 Å². The lowest BCUT2D eigenvalue weighted by Crippen LogP contribution is -2.28. The number of nitrogens with one attached hydrogen (secondary N) is 1. The Kier molecular flexibility index (Phi) is 5.72. The van der Waals surface area contributed by atoms with Crippen molar-refractivity contribution in [3.05, 3.63) is 76.5 Å². The monoisotopic (exact) mass is 410 g/mol. The van der Waals surface area contributed by atoms with Crippen LogP contribution in [0.15, 0.2) is 69.6 Å². The third kappa shape index (κ3) is 4.52. The van der Waals surface area contributed by atoms with Gasteiger partial charge in [0, 0.05) is 10.0 Å². The maximum Gasteiger partial charge on any atom is 0.258 e. The lowest BCUT2D eigenvalue weighted by Gasteiger charge is -2.07. The molecule has 0 saturated carbocycles. The van der Waals surface area contributed by atoms with Crippen molar-refractivity contribution in [3.63, 3.8) is 0 Å². The van der Waals surface area contributed by atoms with E-state index in [0.29, 0.717) is 17.1 Å². The summed E-state index contributed by atoms with van der Waals surface area (Å²) < 4.78 is 12.1. The Morgan fingerprint density at radius 1 is 1.12 bits per heavy atom. The van der Waals surface area contributed by atoms with E-state index in [2.05, 4.69) is 21.2 Å². The summed E-state index contributed by atoms with van der Waals surface area (Å²) >= 11 is 3.40. The number of benzene rings is 2. The van der Waals surface area contributed by atoms with Crippen molar-refractivity contribution in [1.82, 2.24) is 5.32 Å². The number of nitrogens with zero attached hydrogens (tertiary/aromatic N) is 1. The molecule has 0 unspecified atom stereocenters. The highest BCUT2D eigenvalue weighted by Crippen LogP contribution is 2.24. The molecule has 0 spiro atoms. The molecular weight excluding hydrogens is 396 g/mol. The molecule has 1 amide bonds.